The van der Waals surface area contributed by atoms with Gasteiger partial charge in [-0.2, -0.15) is 23.3 Å². The number of ether oxygens (including phenoxy) is 1. The van der Waals surface area contributed by atoms with Crippen molar-refractivity contribution < 1.29 is 27.8 Å². The van der Waals surface area contributed by atoms with Crippen LogP contribution in [0.15, 0.2) is 24.3 Å². The highest BCUT2D eigenvalue weighted by Gasteiger charge is 2.28. The second-order valence-corrected chi connectivity index (χ2v) is 7.81. The van der Waals surface area contributed by atoms with Gasteiger partial charge in [0.05, 0.1) is 13.2 Å². The van der Waals surface area contributed by atoms with E-state index in [1.54, 1.807) is 11.9 Å². The second kappa shape index (κ2) is 9.61. The summed E-state index contributed by atoms with van der Waals surface area (Å²) in [6.45, 7) is 3.93. The first kappa shape index (κ1) is 24.2. The van der Waals surface area contributed by atoms with Crippen molar-refractivity contribution in [2.45, 2.75) is 39.5 Å². The van der Waals surface area contributed by atoms with Crippen molar-refractivity contribution in [2.24, 2.45) is 0 Å². The van der Waals surface area contributed by atoms with Gasteiger partial charge in [-0.05, 0) is 38.5 Å². The van der Waals surface area contributed by atoms with Crippen LogP contribution < -0.4 is 10.2 Å². The van der Waals surface area contributed by atoms with Crippen LogP contribution in [0.25, 0.3) is 11.0 Å². The van der Waals surface area contributed by atoms with E-state index in [4.69, 9.17) is 0 Å². The van der Waals surface area contributed by atoms with E-state index in [0.29, 0.717) is 5.69 Å². The SMILES string of the molecule is Cc1cccc(Nc2nc(N(C)C(C)C)nc3c(C(=O)O)nn(CCOCC(F)(F)F)c23)c1. The van der Waals surface area contributed by atoms with Gasteiger partial charge in [-0.15, -0.1) is 0 Å². The highest BCUT2D eigenvalue weighted by atomic mass is 19.4. The van der Waals surface area contributed by atoms with Gasteiger partial charge >= 0.3 is 12.1 Å². The van der Waals surface area contributed by atoms with E-state index in [0.717, 1.165) is 5.56 Å². The standard InChI is InChI=1S/C21H25F3N6O3/c1-12(2)29(4)20-26-15-16(19(31)32)28-30(8-9-33-11-21(22,23)24)17(15)18(27-20)25-14-7-5-6-13(3)10-14/h5-7,10,12H,8-9,11H2,1-4H3,(H,31,32)(H,25,26,27). The zero-order chi connectivity index (χ0) is 24.3. The van der Waals surface area contributed by atoms with Crippen LogP contribution in [0.1, 0.15) is 29.9 Å². The van der Waals surface area contributed by atoms with Crippen LogP contribution in [-0.2, 0) is 11.3 Å². The number of fused-ring (bicyclic) bond motifs is 1. The summed E-state index contributed by atoms with van der Waals surface area (Å²) in [5.41, 5.74) is 1.70. The molecule has 12 heteroatoms. The Hall–Kier alpha value is -3.41. The highest BCUT2D eigenvalue weighted by molar-refractivity contribution is 6.03. The Morgan fingerprint density at radius 3 is 2.64 bits per heavy atom. The molecule has 0 aliphatic heterocycles. The molecule has 0 saturated carbocycles. The quantitative estimate of drug-likeness (QED) is 0.456. The van der Waals surface area contributed by atoms with Crippen molar-refractivity contribution >= 4 is 34.5 Å². The fourth-order valence-corrected chi connectivity index (χ4v) is 3.05. The van der Waals surface area contributed by atoms with Crippen molar-refractivity contribution in [1.29, 1.82) is 0 Å². The number of carbonyl (C=O) groups is 1. The molecule has 0 saturated heterocycles. The highest BCUT2D eigenvalue weighted by Crippen LogP contribution is 2.29. The Labute approximate surface area is 188 Å². The molecule has 2 heterocycles. The average molecular weight is 466 g/mol. The van der Waals surface area contributed by atoms with Crippen molar-refractivity contribution in [3.63, 3.8) is 0 Å². The summed E-state index contributed by atoms with van der Waals surface area (Å²) in [6.07, 6.45) is -4.46. The number of benzene rings is 1. The third-order valence-electron chi connectivity index (χ3n) is 4.86. The predicted octanol–water partition coefficient (Wildman–Crippen LogP) is 4.00. The monoisotopic (exact) mass is 466 g/mol. The molecule has 3 aromatic rings. The van der Waals surface area contributed by atoms with Crippen molar-refractivity contribution in [3.05, 3.63) is 35.5 Å². The molecule has 0 bridgehead atoms. The summed E-state index contributed by atoms with van der Waals surface area (Å²) < 4.78 is 43.2. The molecule has 178 valence electrons. The number of carboxylic acid groups (broad SMARTS) is 1. The normalized spacial score (nSPS) is 11.9. The largest absolute Gasteiger partial charge is 0.476 e. The molecule has 9 nitrogen and oxygen atoms in total. The van der Waals surface area contributed by atoms with Crippen LogP contribution in [0.2, 0.25) is 0 Å². The van der Waals surface area contributed by atoms with Crippen LogP contribution in [0, 0.1) is 6.92 Å². The van der Waals surface area contributed by atoms with Crippen molar-refractivity contribution in [2.75, 3.05) is 30.5 Å². The summed E-state index contributed by atoms with van der Waals surface area (Å²) in [6, 6.07) is 7.49. The number of hydrogen-bond acceptors (Lipinski definition) is 7. The lowest BCUT2D eigenvalue weighted by Crippen LogP contribution is -2.28. The molecular formula is C21H25F3N6O3. The van der Waals surface area contributed by atoms with Crippen molar-refractivity contribution in [3.8, 4) is 0 Å². The van der Waals surface area contributed by atoms with Gasteiger partial charge in [-0.3, -0.25) is 4.68 Å². The fraction of sp³-hybridized carbons (Fsp3) is 0.429. The molecule has 0 aliphatic carbocycles. The van der Waals surface area contributed by atoms with Crippen LogP contribution >= 0.6 is 0 Å². The number of nitrogens with zero attached hydrogens (tertiary/aromatic N) is 5. The molecule has 3 rings (SSSR count). The maximum absolute atomic E-state index is 12.4. The van der Waals surface area contributed by atoms with Gasteiger partial charge in [0.25, 0.3) is 0 Å². The van der Waals surface area contributed by atoms with Gasteiger partial charge in [-0.1, -0.05) is 12.1 Å². The molecular weight excluding hydrogens is 441 g/mol. The molecule has 0 fully saturated rings. The number of hydrogen-bond donors (Lipinski definition) is 2. The van der Waals surface area contributed by atoms with Gasteiger partial charge in [0, 0.05) is 18.8 Å². The van der Waals surface area contributed by atoms with Crippen LogP contribution in [0.5, 0.6) is 0 Å². The van der Waals surface area contributed by atoms with Gasteiger partial charge in [0.2, 0.25) is 5.95 Å². The Balaban J connectivity index is 2.11. The zero-order valence-electron chi connectivity index (χ0n) is 18.6. The van der Waals surface area contributed by atoms with Gasteiger partial charge < -0.3 is 20.1 Å². The second-order valence-electron chi connectivity index (χ2n) is 7.81. The number of aromatic carboxylic acids is 1. The predicted molar refractivity (Wildman–Crippen MR) is 117 cm³/mol. The van der Waals surface area contributed by atoms with E-state index in [1.807, 2.05) is 45.0 Å². The fourth-order valence-electron chi connectivity index (χ4n) is 3.05. The summed E-state index contributed by atoms with van der Waals surface area (Å²) in [4.78, 5) is 22.6. The van der Waals surface area contributed by atoms with E-state index >= 15 is 0 Å². The average Bonchev–Trinajstić information content (AvgIpc) is 3.09. The van der Waals surface area contributed by atoms with E-state index in [2.05, 4.69) is 25.1 Å². The minimum Gasteiger partial charge on any atom is -0.476 e. The number of nitrogens with one attached hydrogen (secondary N) is 1. The molecule has 0 amide bonds. The van der Waals surface area contributed by atoms with Crippen molar-refractivity contribution in [1.82, 2.24) is 19.7 Å². The van der Waals surface area contributed by atoms with E-state index < -0.39 is 18.8 Å². The summed E-state index contributed by atoms with van der Waals surface area (Å²) in [7, 11) is 1.78. The molecule has 0 radical (unpaired) electrons. The molecule has 0 aliphatic rings. The maximum Gasteiger partial charge on any atom is 0.411 e. The minimum absolute atomic E-state index is 0.0216. The first-order chi connectivity index (χ1) is 15.5. The van der Waals surface area contributed by atoms with E-state index in [1.165, 1.54) is 4.68 Å². The third kappa shape index (κ3) is 5.89. The third-order valence-corrected chi connectivity index (χ3v) is 4.86. The number of alkyl halides is 3. The Bertz CT molecular complexity index is 1150. The van der Waals surface area contributed by atoms with E-state index in [9.17, 15) is 23.1 Å². The summed E-state index contributed by atoms with van der Waals surface area (Å²) >= 11 is 0. The maximum atomic E-state index is 12.4. The molecule has 33 heavy (non-hydrogen) atoms. The lowest BCUT2D eigenvalue weighted by Gasteiger charge is -2.22. The lowest BCUT2D eigenvalue weighted by molar-refractivity contribution is -0.174. The molecule has 1 aromatic carbocycles. The summed E-state index contributed by atoms with van der Waals surface area (Å²) in [5.74, 6) is -0.750. The van der Waals surface area contributed by atoms with E-state index in [-0.39, 0.29) is 47.7 Å². The number of aromatic nitrogens is 4. The van der Waals surface area contributed by atoms with Gasteiger partial charge in [0.1, 0.15) is 17.6 Å². The first-order valence-corrected chi connectivity index (χ1v) is 10.2. The Morgan fingerprint density at radius 1 is 1.30 bits per heavy atom. The number of aryl methyl sites for hydroxylation is 1. The zero-order valence-corrected chi connectivity index (χ0v) is 18.6. The molecule has 2 aromatic heterocycles. The molecule has 0 atom stereocenters. The minimum atomic E-state index is -4.46. The molecule has 0 unspecified atom stereocenters. The topological polar surface area (TPSA) is 105 Å². The van der Waals surface area contributed by atoms with Crippen LogP contribution in [0.3, 0.4) is 0 Å². The molecule has 2 N–H and O–H groups in total. The summed E-state index contributed by atoms with van der Waals surface area (Å²) in [5, 5.41) is 16.9. The number of rotatable bonds is 9. The lowest BCUT2D eigenvalue weighted by atomic mass is 10.2. The number of halogens is 3. The number of anilines is 3. The first-order valence-electron chi connectivity index (χ1n) is 10.2. The smallest absolute Gasteiger partial charge is 0.411 e. The van der Waals surface area contributed by atoms with Crippen LogP contribution in [-0.4, -0.2) is 63.3 Å². The van der Waals surface area contributed by atoms with Crippen LogP contribution in [0.4, 0.5) is 30.6 Å². The van der Waals surface area contributed by atoms with Gasteiger partial charge in [0.15, 0.2) is 11.5 Å². The number of carboxylic acids is 1. The van der Waals surface area contributed by atoms with Gasteiger partial charge in [-0.25, -0.2) is 9.78 Å². The molecule has 0 spiro atoms. The Kier molecular flexibility index (Phi) is 7.06. The Morgan fingerprint density at radius 2 is 2.03 bits per heavy atom.